The maximum atomic E-state index is 13.1. The zero-order valence-corrected chi connectivity index (χ0v) is 15.5. The fraction of sp³-hybridized carbons (Fsp3) is 0.429. The zero-order chi connectivity index (χ0) is 18.9. The summed E-state index contributed by atoms with van der Waals surface area (Å²) in [6.07, 6.45) is 6.59. The minimum atomic E-state index is -0.429. The van der Waals surface area contributed by atoms with E-state index in [4.69, 9.17) is 0 Å². The Morgan fingerprint density at radius 1 is 1.04 bits per heavy atom. The highest BCUT2D eigenvalue weighted by Crippen LogP contribution is 2.54. The second-order valence-electron chi connectivity index (χ2n) is 7.88. The summed E-state index contributed by atoms with van der Waals surface area (Å²) in [5, 5.41) is 6.19. The number of nitrogens with zero attached hydrogens (tertiary/aromatic N) is 2. The zero-order valence-electron chi connectivity index (χ0n) is 15.5. The molecule has 6 nitrogen and oxygen atoms in total. The molecule has 2 unspecified atom stereocenters. The Hall–Kier alpha value is -2.76. The molecular formula is C21H24N4O2. The monoisotopic (exact) mass is 364 g/mol. The molecule has 2 atom stereocenters. The first kappa shape index (κ1) is 17.6. The van der Waals surface area contributed by atoms with E-state index in [0.717, 1.165) is 37.8 Å². The van der Waals surface area contributed by atoms with Crippen molar-refractivity contribution in [1.82, 2.24) is 15.3 Å². The van der Waals surface area contributed by atoms with E-state index < -0.39 is 5.41 Å². The second-order valence-corrected chi connectivity index (χ2v) is 7.88. The molecule has 0 spiro atoms. The van der Waals surface area contributed by atoms with E-state index in [1.54, 1.807) is 18.3 Å². The summed E-state index contributed by atoms with van der Waals surface area (Å²) in [4.78, 5) is 34.2. The van der Waals surface area contributed by atoms with E-state index >= 15 is 0 Å². The lowest BCUT2D eigenvalue weighted by atomic mass is 9.72. The van der Waals surface area contributed by atoms with Gasteiger partial charge in [-0.25, -0.2) is 4.98 Å². The first-order valence-corrected chi connectivity index (χ1v) is 9.49. The van der Waals surface area contributed by atoms with Crippen LogP contribution in [-0.2, 0) is 4.79 Å². The molecule has 6 heteroatoms. The second kappa shape index (κ2) is 6.76. The molecule has 2 aliphatic rings. The van der Waals surface area contributed by atoms with Gasteiger partial charge in [0.25, 0.3) is 5.91 Å². The van der Waals surface area contributed by atoms with Crippen LogP contribution >= 0.6 is 0 Å². The number of amides is 2. The molecule has 0 saturated heterocycles. The van der Waals surface area contributed by atoms with Crippen LogP contribution in [0, 0.1) is 12.3 Å². The van der Waals surface area contributed by atoms with E-state index in [-0.39, 0.29) is 17.4 Å². The van der Waals surface area contributed by atoms with Gasteiger partial charge in [-0.05, 0) is 63.3 Å². The molecule has 0 aromatic carbocycles. The van der Waals surface area contributed by atoms with Gasteiger partial charge >= 0.3 is 0 Å². The van der Waals surface area contributed by atoms with Crippen molar-refractivity contribution in [2.75, 3.05) is 5.32 Å². The Morgan fingerprint density at radius 2 is 1.93 bits per heavy atom. The molecule has 2 saturated carbocycles. The fourth-order valence-electron chi connectivity index (χ4n) is 4.64. The van der Waals surface area contributed by atoms with E-state index in [2.05, 4.69) is 20.6 Å². The van der Waals surface area contributed by atoms with Gasteiger partial charge in [-0.1, -0.05) is 18.6 Å². The summed E-state index contributed by atoms with van der Waals surface area (Å²) < 4.78 is 0. The van der Waals surface area contributed by atoms with Crippen molar-refractivity contribution >= 4 is 17.6 Å². The Balaban J connectivity index is 1.49. The van der Waals surface area contributed by atoms with Gasteiger partial charge in [-0.2, -0.15) is 0 Å². The Bertz CT molecular complexity index is 869. The minimum absolute atomic E-state index is 0.0225. The first-order valence-electron chi connectivity index (χ1n) is 9.49. The van der Waals surface area contributed by atoms with Crippen molar-refractivity contribution in [3.05, 3.63) is 54.0 Å². The fourth-order valence-corrected chi connectivity index (χ4v) is 4.64. The Morgan fingerprint density at radius 3 is 2.70 bits per heavy atom. The summed E-state index contributed by atoms with van der Waals surface area (Å²) in [5.74, 6) is 0.457. The number of pyridine rings is 2. The molecule has 2 N–H and O–H groups in total. The third-order valence-electron chi connectivity index (χ3n) is 5.96. The number of hydrogen-bond acceptors (Lipinski definition) is 4. The van der Waals surface area contributed by atoms with Crippen molar-refractivity contribution in [2.24, 2.45) is 5.41 Å². The lowest BCUT2D eigenvalue weighted by Crippen LogP contribution is -2.51. The van der Waals surface area contributed by atoms with E-state index in [0.29, 0.717) is 17.9 Å². The van der Waals surface area contributed by atoms with Gasteiger partial charge in [0.2, 0.25) is 5.91 Å². The predicted molar refractivity (Wildman–Crippen MR) is 102 cm³/mol. The molecule has 0 radical (unpaired) electrons. The van der Waals surface area contributed by atoms with Crippen molar-refractivity contribution < 1.29 is 9.59 Å². The third-order valence-corrected chi connectivity index (χ3v) is 5.96. The molecule has 2 aliphatic carbocycles. The lowest BCUT2D eigenvalue weighted by molar-refractivity contribution is -0.126. The van der Waals surface area contributed by atoms with Gasteiger partial charge in [-0.3, -0.25) is 14.6 Å². The number of fused-ring (bicyclic) bond motifs is 2. The summed E-state index contributed by atoms with van der Waals surface area (Å²) in [5.41, 5.74) is 0.548. The molecule has 140 valence electrons. The normalized spacial score (nSPS) is 26.4. The van der Waals surface area contributed by atoms with E-state index in [9.17, 15) is 9.59 Å². The number of carbonyl (C=O) groups excluding carboxylic acids is 2. The number of aromatic nitrogens is 2. The quantitative estimate of drug-likeness (QED) is 0.872. The van der Waals surface area contributed by atoms with Crippen LogP contribution in [0.25, 0.3) is 0 Å². The van der Waals surface area contributed by atoms with Crippen molar-refractivity contribution in [1.29, 1.82) is 0 Å². The summed E-state index contributed by atoms with van der Waals surface area (Å²) in [6.45, 7) is 1.91. The highest BCUT2D eigenvalue weighted by atomic mass is 16.2. The van der Waals surface area contributed by atoms with Gasteiger partial charge in [0.05, 0.1) is 5.41 Å². The highest BCUT2D eigenvalue weighted by molar-refractivity contribution is 5.96. The SMILES string of the molecule is Cc1cccc(NC(=O)C23CCCC(NC(=O)c4ccccn4)(CC2)C3)n1. The molecule has 4 rings (SSSR count). The molecular weight excluding hydrogens is 340 g/mol. The molecule has 2 aromatic heterocycles. The van der Waals surface area contributed by atoms with Crippen LogP contribution in [0.2, 0.25) is 0 Å². The van der Waals surface area contributed by atoms with Crippen LogP contribution in [0.1, 0.15) is 54.7 Å². The summed E-state index contributed by atoms with van der Waals surface area (Å²) in [6, 6.07) is 10.9. The summed E-state index contributed by atoms with van der Waals surface area (Å²) >= 11 is 0. The van der Waals surface area contributed by atoms with Gasteiger partial charge in [0.15, 0.2) is 0 Å². The van der Waals surface area contributed by atoms with Crippen LogP contribution in [-0.4, -0.2) is 27.3 Å². The van der Waals surface area contributed by atoms with E-state index in [1.165, 1.54) is 0 Å². The maximum Gasteiger partial charge on any atom is 0.270 e. The standard InChI is InChI=1S/C21H24N4O2/c1-15-6-4-8-17(23-15)24-19(27)20-9-5-10-21(14-20,12-11-20)25-18(26)16-7-2-3-13-22-16/h2-4,6-8,13H,5,9-12,14H2,1H3,(H,25,26)(H,23,24,27). The number of hydrogen-bond donors (Lipinski definition) is 2. The van der Waals surface area contributed by atoms with Gasteiger partial charge in [0.1, 0.15) is 11.5 Å². The number of anilines is 1. The highest BCUT2D eigenvalue weighted by Gasteiger charge is 2.55. The number of rotatable bonds is 4. The van der Waals surface area contributed by atoms with Gasteiger partial charge in [-0.15, -0.1) is 0 Å². The molecule has 2 amide bonds. The topological polar surface area (TPSA) is 84.0 Å². The third kappa shape index (κ3) is 3.44. The lowest BCUT2D eigenvalue weighted by Gasteiger charge is -2.39. The molecule has 2 bridgehead atoms. The molecule has 0 aliphatic heterocycles. The van der Waals surface area contributed by atoms with Crippen LogP contribution in [0.15, 0.2) is 42.6 Å². The van der Waals surface area contributed by atoms with Crippen molar-refractivity contribution in [3.8, 4) is 0 Å². The molecule has 27 heavy (non-hydrogen) atoms. The molecule has 2 aromatic rings. The van der Waals surface area contributed by atoms with Crippen LogP contribution < -0.4 is 10.6 Å². The van der Waals surface area contributed by atoms with Crippen molar-refractivity contribution in [2.45, 2.75) is 51.0 Å². The average molecular weight is 364 g/mol. The van der Waals surface area contributed by atoms with Crippen LogP contribution in [0.5, 0.6) is 0 Å². The van der Waals surface area contributed by atoms with Crippen LogP contribution in [0.3, 0.4) is 0 Å². The van der Waals surface area contributed by atoms with Gasteiger partial charge < -0.3 is 10.6 Å². The largest absolute Gasteiger partial charge is 0.345 e. The summed E-state index contributed by atoms with van der Waals surface area (Å²) in [7, 11) is 0. The van der Waals surface area contributed by atoms with Gasteiger partial charge in [0, 0.05) is 17.4 Å². The average Bonchev–Trinajstić information content (AvgIpc) is 2.93. The number of carbonyl (C=O) groups is 2. The number of aryl methyl sites for hydroxylation is 1. The first-order chi connectivity index (χ1) is 13.0. The minimum Gasteiger partial charge on any atom is -0.345 e. The molecule has 2 fully saturated rings. The Labute approximate surface area is 158 Å². The smallest absolute Gasteiger partial charge is 0.270 e. The predicted octanol–water partition coefficient (Wildman–Crippen LogP) is 3.25. The maximum absolute atomic E-state index is 13.1. The van der Waals surface area contributed by atoms with Crippen LogP contribution in [0.4, 0.5) is 5.82 Å². The number of nitrogens with one attached hydrogen (secondary N) is 2. The van der Waals surface area contributed by atoms with Crippen molar-refractivity contribution in [3.63, 3.8) is 0 Å². The Kier molecular flexibility index (Phi) is 4.42. The molecule has 2 heterocycles. The van der Waals surface area contributed by atoms with E-state index in [1.807, 2.05) is 31.2 Å².